The highest BCUT2D eigenvalue weighted by atomic mass is 19.1. The molecule has 0 aliphatic carbocycles. The Morgan fingerprint density at radius 3 is 2.40 bits per heavy atom. The number of hydrogen-bond acceptors (Lipinski definition) is 8. The molecule has 0 saturated carbocycles. The first-order valence-corrected chi connectivity index (χ1v) is 18.5. The third-order valence-corrected chi connectivity index (χ3v) is 10.6. The first-order chi connectivity index (χ1) is 26.9. The van der Waals surface area contributed by atoms with Crippen molar-refractivity contribution < 1.29 is 37.5 Å². The van der Waals surface area contributed by atoms with Gasteiger partial charge < -0.3 is 19.6 Å². The van der Waals surface area contributed by atoms with E-state index in [1.807, 2.05) is 33.8 Å². The number of ketones is 1. The Morgan fingerprint density at radius 2 is 1.67 bits per heavy atom. The second-order valence-corrected chi connectivity index (χ2v) is 15.9. The van der Waals surface area contributed by atoms with Gasteiger partial charge >= 0.3 is 0 Å². The van der Waals surface area contributed by atoms with Crippen molar-refractivity contribution in [2.45, 2.75) is 71.4 Å². The van der Waals surface area contributed by atoms with Crippen molar-refractivity contribution in [1.29, 1.82) is 0 Å². The first kappa shape index (κ1) is 38.8. The monoisotopic (exact) mass is 777 g/mol. The van der Waals surface area contributed by atoms with Gasteiger partial charge in [-0.15, -0.1) is 0 Å². The first-order valence-electron chi connectivity index (χ1n) is 18.5. The van der Waals surface area contributed by atoms with E-state index in [1.54, 1.807) is 49.8 Å². The van der Waals surface area contributed by atoms with E-state index >= 15 is 0 Å². The van der Waals surface area contributed by atoms with Gasteiger partial charge in [-0.25, -0.2) is 8.78 Å². The molecular formula is C43H41F2N5O7. The van der Waals surface area contributed by atoms with E-state index in [-0.39, 0.29) is 53.2 Å². The van der Waals surface area contributed by atoms with Crippen LogP contribution in [0.15, 0.2) is 77.9 Å². The number of piperidine rings is 1. The normalized spacial score (nSPS) is 15.9. The van der Waals surface area contributed by atoms with Crippen molar-refractivity contribution in [2.75, 3.05) is 5.32 Å². The summed E-state index contributed by atoms with van der Waals surface area (Å²) in [5.74, 6) is -3.97. The molecule has 57 heavy (non-hydrogen) atoms. The second-order valence-electron chi connectivity index (χ2n) is 15.9. The summed E-state index contributed by atoms with van der Waals surface area (Å²) in [6.07, 6.45) is 4.21. The fourth-order valence-electron chi connectivity index (χ4n) is 8.02. The van der Waals surface area contributed by atoms with E-state index in [4.69, 9.17) is 4.74 Å². The van der Waals surface area contributed by atoms with Crippen LogP contribution in [0.4, 0.5) is 14.5 Å². The fourth-order valence-corrected chi connectivity index (χ4v) is 8.02. The highest BCUT2D eigenvalue weighted by molar-refractivity contribution is 6.25. The SMILES string of the molecule is Cn1cc(-c2cc(CCC(=O)C(C)(C)CC(C)(C)Nc3cccc4c3C(=O)N(C3CCC(=O)NC3=O)C4=O)ccc2Oc2ccc(F)cc2F)c2cc[nH]c2c1=O. The summed E-state index contributed by atoms with van der Waals surface area (Å²) >= 11 is 0. The number of amides is 4. The minimum absolute atomic E-state index is 0.0109. The summed E-state index contributed by atoms with van der Waals surface area (Å²) in [7, 11) is 1.62. The number of Topliss-reactive ketones (excluding diaryl/α,β-unsaturated/α-hetero) is 1. The zero-order valence-electron chi connectivity index (χ0n) is 32.0. The van der Waals surface area contributed by atoms with Gasteiger partial charge in [0.15, 0.2) is 11.6 Å². The molecule has 2 aliphatic heterocycles. The average molecular weight is 778 g/mol. The van der Waals surface area contributed by atoms with Crippen LogP contribution in [-0.2, 0) is 27.9 Å². The third-order valence-electron chi connectivity index (χ3n) is 10.6. The molecule has 294 valence electrons. The van der Waals surface area contributed by atoms with Crippen molar-refractivity contribution in [1.82, 2.24) is 19.8 Å². The molecule has 12 nitrogen and oxygen atoms in total. The molecule has 4 amide bonds. The van der Waals surface area contributed by atoms with Gasteiger partial charge in [0.1, 0.15) is 28.9 Å². The molecule has 4 heterocycles. The summed E-state index contributed by atoms with van der Waals surface area (Å²) < 4.78 is 35.8. The molecule has 0 spiro atoms. The standard InChI is InChI=1S/C43H41F2N5O7/c1-42(2,22-43(3,4)48-30-8-6-7-26-36(30)40(55)50(39(26)54)31-12-16-35(52)47-38(31)53)34(51)15-10-23-9-13-32(57-33-14-11-24(44)20-29(33)45)27(19-23)28-21-49(5)41(56)37-25(28)17-18-46-37/h6-9,11,13-14,17-21,31,46,48H,10,12,15-16,22H2,1-5H3,(H,47,52,53). The molecule has 1 atom stereocenters. The predicted molar refractivity (Wildman–Crippen MR) is 208 cm³/mol. The molecule has 2 aromatic heterocycles. The van der Waals surface area contributed by atoms with Gasteiger partial charge in [-0.2, -0.15) is 0 Å². The van der Waals surface area contributed by atoms with Crippen LogP contribution in [0.1, 0.15) is 79.7 Å². The summed E-state index contributed by atoms with van der Waals surface area (Å²) in [4.78, 5) is 82.1. The summed E-state index contributed by atoms with van der Waals surface area (Å²) in [6.45, 7) is 7.48. The Kier molecular flexibility index (Phi) is 9.92. The molecule has 1 fully saturated rings. The smallest absolute Gasteiger partial charge is 0.274 e. The molecule has 1 unspecified atom stereocenters. The number of aromatic nitrogens is 2. The molecule has 1 saturated heterocycles. The Morgan fingerprint density at radius 1 is 0.912 bits per heavy atom. The number of aryl methyl sites for hydroxylation is 2. The third kappa shape index (κ3) is 7.46. The maximum atomic E-state index is 14.7. The molecule has 3 N–H and O–H groups in total. The topological polar surface area (TPSA) is 160 Å². The minimum Gasteiger partial charge on any atom is -0.454 e. The predicted octanol–water partition coefficient (Wildman–Crippen LogP) is 6.81. The number of H-pyrrole nitrogens is 1. The summed E-state index contributed by atoms with van der Waals surface area (Å²) in [6, 6.07) is 13.8. The lowest BCUT2D eigenvalue weighted by molar-refractivity contribution is -0.136. The lowest BCUT2D eigenvalue weighted by Gasteiger charge is -2.36. The molecule has 14 heteroatoms. The number of nitrogens with zero attached hydrogens (tertiary/aromatic N) is 2. The molecule has 0 radical (unpaired) electrons. The molecule has 2 aliphatic rings. The van der Waals surface area contributed by atoms with Crippen LogP contribution in [0.25, 0.3) is 22.0 Å². The van der Waals surface area contributed by atoms with Gasteiger partial charge in [-0.1, -0.05) is 26.0 Å². The van der Waals surface area contributed by atoms with Crippen LogP contribution in [0, 0.1) is 17.0 Å². The Labute approximate surface area is 326 Å². The van der Waals surface area contributed by atoms with Gasteiger partial charge in [-0.05, 0) is 81.1 Å². The number of rotatable bonds is 12. The quantitative estimate of drug-likeness (QED) is 0.117. The number of fused-ring (bicyclic) bond motifs is 2. The number of halogens is 2. The maximum absolute atomic E-state index is 14.7. The summed E-state index contributed by atoms with van der Waals surface area (Å²) in [5, 5.41) is 6.20. The van der Waals surface area contributed by atoms with Crippen LogP contribution in [-0.4, -0.2) is 55.4 Å². The zero-order valence-corrected chi connectivity index (χ0v) is 32.0. The maximum Gasteiger partial charge on any atom is 0.274 e. The van der Waals surface area contributed by atoms with Crippen LogP contribution in [0.5, 0.6) is 11.5 Å². The molecule has 7 rings (SSSR count). The van der Waals surface area contributed by atoms with Crippen molar-refractivity contribution in [3.8, 4) is 22.6 Å². The lowest BCUT2D eigenvalue weighted by atomic mass is 9.75. The Hall–Kier alpha value is -6.44. The number of carbonyl (C=O) groups excluding carboxylic acids is 5. The van der Waals surface area contributed by atoms with E-state index in [0.29, 0.717) is 40.6 Å². The number of imide groups is 2. The second kappa shape index (κ2) is 14.6. The molecule has 3 aromatic carbocycles. The molecular weight excluding hydrogens is 736 g/mol. The fraction of sp³-hybridized carbons (Fsp3) is 0.302. The van der Waals surface area contributed by atoms with Crippen LogP contribution in [0.2, 0.25) is 0 Å². The van der Waals surface area contributed by atoms with Crippen LogP contribution in [0.3, 0.4) is 0 Å². The highest BCUT2D eigenvalue weighted by Gasteiger charge is 2.46. The number of benzene rings is 3. The van der Waals surface area contributed by atoms with Gasteiger partial charge in [0.2, 0.25) is 11.8 Å². The highest BCUT2D eigenvalue weighted by Crippen LogP contribution is 2.40. The van der Waals surface area contributed by atoms with Crippen molar-refractivity contribution in [3.63, 3.8) is 0 Å². The number of ether oxygens (including phenoxy) is 1. The van der Waals surface area contributed by atoms with E-state index in [9.17, 15) is 37.5 Å². The lowest BCUT2D eigenvalue weighted by Crippen LogP contribution is -2.54. The molecule has 5 aromatic rings. The van der Waals surface area contributed by atoms with Crippen LogP contribution < -0.4 is 20.9 Å². The average Bonchev–Trinajstić information content (AvgIpc) is 3.73. The van der Waals surface area contributed by atoms with E-state index in [0.717, 1.165) is 22.6 Å². The number of hydrogen-bond donors (Lipinski definition) is 3. The number of anilines is 1. The van der Waals surface area contributed by atoms with Crippen LogP contribution >= 0.6 is 0 Å². The largest absolute Gasteiger partial charge is 0.454 e. The van der Waals surface area contributed by atoms with Gasteiger partial charge in [0.05, 0.1) is 11.1 Å². The van der Waals surface area contributed by atoms with Gasteiger partial charge in [0, 0.05) is 71.5 Å². The van der Waals surface area contributed by atoms with E-state index in [2.05, 4.69) is 15.6 Å². The van der Waals surface area contributed by atoms with Crippen molar-refractivity contribution >= 4 is 46.0 Å². The van der Waals surface area contributed by atoms with Gasteiger partial charge in [-0.3, -0.25) is 39.0 Å². The number of nitrogens with one attached hydrogen (secondary N) is 3. The van der Waals surface area contributed by atoms with E-state index in [1.165, 1.54) is 16.7 Å². The zero-order chi connectivity index (χ0) is 41.0. The Bertz CT molecular complexity index is 2570. The van der Waals surface area contributed by atoms with Crippen molar-refractivity contribution in [2.24, 2.45) is 12.5 Å². The molecule has 0 bridgehead atoms. The van der Waals surface area contributed by atoms with E-state index < -0.39 is 52.3 Å². The van der Waals surface area contributed by atoms with Gasteiger partial charge in [0.25, 0.3) is 17.4 Å². The summed E-state index contributed by atoms with van der Waals surface area (Å²) in [5.41, 5.74) is 1.13. The van der Waals surface area contributed by atoms with Crippen molar-refractivity contribution in [3.05, 3.63) is 112 Å². The minimum atomic E-state index is -1.10. The number of aromatic amines is 1. The number of carbonyl (C=O) groups is 5. The number of pyridine rings is 1. The Balaban J connectivity index is 1.09.